The largest absolute Gasteiger partial charge is 0.453 e. The maximum absolute atomic E-state index is 12.5. The summed E-state index contributed by atoms with van der Waals surface area (Å²) in [6.07, 6.45) is 3.43. The first kappa shape index (κ1) is 18.5. The highest BCUT2D eigenvalue weighted by Gasteiger charge is 2.50. The topological polar surface area (TPSA) is 58.6 Å². The molecule has 1 spiro atoms. The Morgan fingerprint density at radius 3 is 2.64 bits per heavy atom. The quantitative estimate of drug-likeness (QED) is 0.884. The standard InChI is InChI=1S/C23H26N2O3/c1-28-22(27)25-14-6-12-23(13-11-21(26)24-23)20(25)16-17-7-5-10-19(15-17)18-8-3-2-4-9-18/h2-5,7-10,15,20H,6,11-14,16H2,1H3,(H,24,26). The van der Waals surface area contributed by atoms with Gasteiger partial charge in [0.25, 0.3) is 0 Å². The lowest BCUT2D eigenvalue weighted by Crippen LogP contribution is -2.64. The van der Waals surface area contributed by atoms with Gasteiger partial charge in [-0.1, -0.05) is 54.6 Å². The summed E-state index contributed by atoms with van der Waals surface area (Å²) in [6, 6.07) is 18.6. The second-order valence-electron chi connectivity index (χ2n) is 7.76. The third-order valence-corrected chi connectivity index (χ3v) is 6.09. The Labute approximate surface area is 165 Å². The number of methoxy groups -OCH3 is 1. The first-order valence-electron chi connectivity index (χ1n) is 9.91. The van der Waals surface area contributed by atoms with Gasteiger partial charge >= 0.3 is 6.09 Å². The Kier molecular flexibility index (Phi) is 5.07. The van der Waals surface area contributed by atoms with Crippen LogP contribution < -0.4 is 5.32 Å². The molecule has 0 aromatic heterocycles. The van der Waals surface area contributed by atoms with Crippen molar-refractivity contribution in [2.75, 3.05) is 13.7 Å². The minimum atomic E-state index is -0.355. The fourth-order valence-corrected chi connectivity index (χ4v) is 4.74. The highest BCUT2D eigenvalue weighted by atomic mass is 16.5. The van der Waals surface area contributed by atoms with Crippen molar-refractivity contribution in [2.24, 2.45) is 0 Å². The number of hydrogen-bond donors (Lipinski definition) is 1. The fraction of sp³-hybridized carbons (Fsp3) is 0.391. The molecule has 2 saturated heterocycles. The van der Waals surface area contributed by atoms with Crippen LogP contribution in [0.1, 0.15) is 31.2 Å². The van der Waals surface area contributed by atoms with E-state index < -0.39 is 0 Å². The van der Waals surface area contributed by atoms with Crippen LogP contribution in [0.2, 0.25) is 0 Å². The molecule has 5 heteroatoms. The van der Waals surface area contributed by atoms with E-state index >= 15 is 0 Å². The number of hydrogen-bond acceptors (Lipinski definition) is 3. The fourth-order valence-electron chi connectivity index (χ4n) is 4.74. The molecule has 2 amide bonds. The smallest absolute Gasteiger partial charge is 0.409 e. The Balaban J connectivity index is 1.66. The van der Waals surface area contributed by atoms with Crippen LogP contribution >= 0.6 is 0 Å². The number of carbonyl (C=O) groups excluding carboxylic acids is 2. The molecule has 146 valence electrons. The van der Waals surface area contributed by atoms with Crippen LogP contribution in [0.3, 0.4) is 0 Å². The van der Waals surface area contributed by atoms with Crippen molar-refractivity contribution in [3.05, 3.63) is 60.2 Å². The van der Waals surface area contributed by atoms with Crippen LogP contribution in [0.15, 0.2) is 54.6 Å². The average Bonchev–Trinajstić information content (AvgIpc) is 3.11. The highest BCUT2D eigenvalue weighted by Crippen LogP contribution is 2.38. The van der Waals surface area contributed by atoms with Gasteiger partial charge in [-0.05, 0) is 42.4 Å². The zero-order chi connectivity index (χ0) is 19.6. The predicted octanol–water partition coefficient (Wildman–Crippen LogP) is 3.78. The molecule has 2 aromatic rings. The van der Waals surface area contributed by atoms with E-state index in [2.05, 4.69) is 41.7 Å². The van der Waals surface area contributed by atoms with Gasteiger partial charge in [0.2, 0.25) is 5.91 Å². The van der Waals surface area contributed by atoms with Gasteiger partial charge in [0.1, 0.15) is 0 Å². The van der Waals surface area contributed by atoms with Crippen molar-refractivity contribution in [3.8, 4) is 11.1 Å². The van der Waals surface area contributed by atoms with Gasteiger partial charge in [-0.15, -0.1) is 0 Å². The molecular formula is C23H26N2O3. The van der Waals surface area contributed by atoms with Gasteiger partial charge in [-0.3, -0.25) is 4.79 Å². The first-order valence-corrected chi connectivity index (χ1v) is 9.91. The summed E-state index contributed by atoms with van der Waals surface area (Å²) in [7, 11) is 1.42. The van der Waals surface area contributed by atoms with Crippen molar-refractivity contribution >= 4 is 12.0 Å². The number of benzene rings is 2. The van der Waals surface area contributed by atoms with Crippen LogP contribution in [-0.4, -0.2) is 42.1 Å². The van der Waals surface area contributed by atoms with Gasteiger partial charge in [0, 0.05) is 13.0 Å². The molecule has 1 N–H and O–H groups in total. The molecule has 2 fully saturated rings. The van der Waals surface area contributed by atoms with E-state index in [0.717, 1.165) is 30.4 Å². The lowest BCUT2D eigenvalue weighted by Gasteiger charge is -2.47. The Morgan fingerprint density at radius 1 is 1.14 bits per heavy atom. The maximum atomic E-state index is 12.5. The van der Waals surface area contributed by atoms with Crippen molar-refractivity contribution in [1.29, 1.82) is 0 Å². The van der Waals surface area contributed by atoms with E-state index in [0.29, 0.717) is 19.4 Å². The monoisotopic (exact) mass is 378 g/mol. The number of likely N-dealkylation sites (tertiary alicyclic amines) is 1. The molecule has 2 aromatic carbocycles. The Bertz CT molecular complexity index is 867. The summed E-state index contributed by atoms with van der Waals surface area (Å²) in [5.74, 6) is 0.0785. The van der Waals surface area contributed by atoms with Gasteiger partial charge in [-0.25, -0.2) is 4.79 Å². The number of nitrogens with one attached hydrogen (secondary N) is 1. The third kappa shape index (κ3) is 3.49. The summed E-state index contributed by atoms with van der Waals surface area (Å²) in [6.45, 7) is 0.660. The number of rotatable bonds is 3. The molecule has 0 radical (unpaired) electrons. The van der Waals surface area contributed by atoms with E-state index in [4.69, 9.17) is 4.74 Å². The van der Waals surface area contributed by atoms with Crippen molar-refractivity contribution in [2.45, 2.75) is 43.7 Å². The van der Waals surface area contributed by atoms with Crippen molar-refractivity contribution < 1.29 is 14.3 Å². The lowest BCUT2D eigenvalue weighted by molar-refractivity contribution is -0.120. The SMILES string of the molecule is COC(=O)N1CCCC2(CCC(=O)N2)C1Cc1cccc(-c2ccccc2)c1. The third-order valence-electron chi connectivity index (χ3n) is 6.09. The van der Waals surface area contributed by atoms with E-state index in [1.807, 2.05) is 23.1 Å². The molecular weight excluding hydrogens is 352 g/mol. The number of piperidine rings is 1. The molecule has 0 saturated carbocycles. The molecule has 2 unspecified atom stereocenters. The summed E-state index contributed by atoms with van der Waals surface area (Å²) in [5, 5.41) is 3.21. The number of amides is 2. The summed E-state index contributed by atoms with van der Waals surface area (Å²) < 4.78 is 5.05. The first-order chi connectivity index (χ1) is 13.6. The van der Waals surface area contributed by atoms with E-state index in [9.17, 15) is 9.59 Å². The number of ether oxygens (including phenoxy) is 1. The maximum Gasteiger partial charge on any atom is 0.409 e. The molecule has 2 aliphatic rings. The number of nitrogens with zero attached hydrogens (tertiary/aromatic N) is 1. The zero-order valence-corrected chi connectivity index (χ0v) is 16.2. The highest BCUT2D eigenvalue weighted by molar-refractivity contribution is 5.80. The van der Waals surface area contributed by atoms with Crippen LogP contribution in [0.4, 0.5) is 4.79 Å². The van der Waals surface area contributed by atoms with Crippen LogP contribution in [0.5, 0.6) is 0 Å². The Morgan fingerprint density at radius 2 is 1.93 bits per heavy atom. The van der Waals surface area contributed by atoms with Gasteiger partial charge < -0.3 is 15.0 Å². The molecule has 0 bridgehead atoms. The van der Waals surface area contributed by atoms with E-state index in [-0.39, 0.29) is 23.6 Å². The van der Waals surface area contributed by atoms with Gasteiger partial charge in [0.05, 0.1) is 18.7 Å². The second kappa shape index (κ2) is 7.66. The molecule has 4 rings (SSSR count). The van der Waals surface area contributed by atoms with E-state index in [1.54, 1.807) is 0 Å². The summed E-state index contributed by atoms with van der Waals surface area (Å²) in [5.41, 5.74) is 3.12. The predicted molar refractivity (Wildman–Crippen MR) is 108 cm³/mol. The summed E-state index contributed by atoms with van der Waals surface area (Å²) in [4.78, 5) is 26.3. The Hall–Kier alpha value is -2.82. The van der Waals surface area contributed by atoms with Crippen LogP contribution in [0.25, 0.3) is 11.1 Å². The average molecular weight is 378 g/mol. The number of carbonyl (C=O) groups is 2. The minimum absolute atomic E-state index is 0.0785. The van der Waals surface area contributed by atoms with Crippen molar-refractivity contribution in [1.82, 2.24) is 10.2 Å². The normalized spacial score (nSPS) is 24.2. The van der Waals surface area contributed by atoms with Gasteiger partial charge in [-0.2, -0.15) is 0 Å². The van der Waals surface area contributed by atoms with Crippen molar-refractivity contribution in [3.63, 3.8) is 0 Å². The lowest BCUT2D eigenvalue weighted by atomic mass is 9.77. The molecule has 2 heterocycles. The van der Waals surface area contributed by atoms with E-state index in [1.165, 1.54) is 12.7 Å². The van der Waals surface area contributed by atoms with Crippen LogP contribution in [-0.2, 0) is 16.0 Å². The summed E-state index contributed by atoms with van der Waals surface area (Å²) >= 11 is 0. The molecule has 0 aliphatic carbocycles. The molecule has 2 aliphatic heterocycles. The van der Waals surface area contributed by atoms with Crippen LogP contribution in [0, 0.1) is 0 Å². The molecule has 5 nitrogen and oxygen atoms in total. The molecule has 28 heavy (non-hydrogen) atoms. The second-order valence-corrected chi connectivity index (χ2v) is 7.76. The minimum Gasteiger partial charge on any atom is -0.453 e. The zero-order valence-electron chi connectivity index (χ0n) is 16.2. The van der Waals surface area contributed by atoms with Gasteiger partial charge in [0.15, 0.2) is 0 Å². The molecule has 2 atom stereocenters.